The van der Waals surface area contributed by atoms with Crippen LogP contribution in [0.2, 0.25) is 0 Å². The number of pyridine rings is 4. The van der Waals surface area contributed by atoms with E-state index in [2.05, 4.69) is 52.4 Å². The lowest BCUT2D eigenvalue weighted by molar-refractivity contribution is 0.913. The maximum absolute atomic E-state index is 14.0. The van der Waals surface area contributed by atoms with E-state index in [9.17, 15) is 4.79 Å². The van der Waals surface area contributed by atoms with E-state index in [-0.39, 0.29) is 11.5 Å². The summed E-state index contributed by atoms with van der Waals surface area (Å²) in [5.41, 5.74) is 8.50. The van der Waals surface area contributed by atoms with Gasteiger partial charge in [-0.05, 0) is 84.1 Å². The van der Waals surface area contributed by atoms with E-state index in [1.54, 1.807) is 12.4 Å². The Morgan fingerprint density at radius 2 is 1.36 bits per heavy atom. The van der Waals surface area contributed by atoms with Crippen molar-refractivity contribution < 1.29 is 0 Å². The van der Waals surface area contributed by atoms with Crippen LogP contribution in [0.3, 0.4) is 0 Å². The van der Waals surface area contributed by atoms with Crippen molar-refractivity contribution in [3.05, 3.63) is 149 Å². The third-order valence-electron chi connectivity index (χ3n) is 8.87. The molecule has 1 aliphatic heterocycles. The van der Waals surface area contributed by atoms with E-state index in [0.717, 1.165) is 78.5 Å². The van der Waals surface area contributed by atoms with Crippen LogP contribution >= 0.6 is 0 Å². The largest absolute Gasteiger partial charge is 0.275 e. The van der Waals surface area contributed by atoms with Gasteiger partial charge in [0, 0.05) is 63.4 Å². The highest BCUT2D eigenvalue weighted by molar-refractivity contribution is 6.21. The summed E-state index contributed by atoms with van der Waals surface area (Å²) < 4.78 is 1.89. The second-order valence-corrected chi connectivity index (χ2v) is 11.5. The zero-order valence-corrected chi connectivity index (χ0v) is 24.1. The molecule has 0 saturated heterocycles. The van der Waals surface area contributed by atoms with Crippen molar-refractivity contribution in [1.29, 1.82) is 0 Å². The van der Waals surface area contributed by atoms with Crippen molar-refractivity contribution >= 4 is 49.9 Å². The van der Waals surface area contributed by atoms with Gasteiger partial charge in [-0.25, -0.2) is 0 Å². The molecule has 6 nitrogen and oxygen atoms in total. The van der Waals surface area contributed by atoms with Crippen LogP contribution in [0.5, 0.6) is 0 Å². The van der Waals surface area contributed by atoms with Gasteiger partial charge in [-0.2, -0.15) is 0 Å². The summed E-state index contributed by atoms with van der Waals surface area (Å²) in [6, 6.07) is 34.6. The van der Waals surface area contributed by atoms with E-state index in [4.69, 9.17) is 9.98 Å². The van der Waals surface area contributed by atoms with Crippen LogP contribution in [0.1, 0.15) is 23.6 Å². The minimum atomic E-state index is -0.00129. The summed E-state index contributed by atoms with van der Waals surface area (Å²) in [7, 11) is 0. The summed E-state index contributed by atoms with van der Waals surface area (Å²) in [4.78, 5) is 32.5. The lowest BCUT2D eigenvalue weighted by atomic mass is 9.92. The van der Waals surface area contributed by atoms with Gasteiger partial charge in [0.1, 0.15) is 0 Å². The molecule has 45 heavy (non-hydrogen) atoms. The van der Waals surface area contributed by atoms with E-state index in [0.29, 0.717) is 5.39 Å². The molecule has 0 saturated carbocycles. The van der Waals surface area contributed by atoms with Crippen molar-refractivity contribution in [2.75, 3.05) is 0 Å². The van der Waals surface area contributed by atoms with Gasteiger partial charge in [0.05, 0.1) is 33.8 Å². The Morgan fingerprint density at radius 1 is 0.622 bits per heavy atom. The quantitative estimate of drug-likeness (QED) is 0.197. The van der Waals surface area contributed by atoms with Crippen LogP contribution in [0.25, 0.3) is 66.2 Å². The van der Waals surface area contributed by atoms with Crippen molar-refractivity contribution in [1.82, 2.24) is 19.4 Å². The Kier molecular flexibility index (Phi) is 5.68. The van der Waals surface area contributed by atoms with Crippen LogP contribution in [0.15, 0.2) is 138 Å². The molecule has 1 unspecified atom stereocenters. The second-order valence-electron chi connectivity index (χ2n) is 11.5. The molecular weight excluding hydrogens is 554 g/mol. The molecule has 0 aliphatic carbocycles. The maximum atomic E-state index is 14.0. The Bertz CT molecular complexity index is 2520. The number of allylic oxidation sites excluding steroid dienone is 1. The van der Waals surface area contributed by atoms with Crippen LogP contribution in [0.4, 0.5) is 0 Å². The topological polar surface area (TPSA) is 72.5 Å². The molecule has 5 aromatic heterocycles. The molecule has 0 amide bonds. The molecule has 0 fully saturated rings. The maximum Gasteiger partial charge on any atom is 0.263 e. The smallest absolute Gasteiger partial charge is 0.263 e. The number of rotatable bonds is 4. The predicted molar refractivity (Wildman–Crippen MR) is 182 cm³/mol. The first-order chi connectivity index (χ1) is 22.2. The molecule has 0 radical (unpaired) electrons. The molecule has 1 aliphatic rings. The minimum absolute atomic E-state index is 0.00129. The predicted octanol–water partition coefficient (Wildman–Crippen LogP) is 8.32. The normalized spacial score (nSPS) is 14.9. The Labute approximate surface area is 258 Å². The molecular formula is C39H25N5O. The third kappa shape index (κ3) is 4.07. The summed E-state index contributed by atoms with van der Waals surface area (Å²) in [5.74, 6) is 0.127. The average Bonchev–Trinajstić information content (AvgIpc) is 3.45. The van der Waals surface area contributed by atoms with Crippen molar-refractivity contribution in [3.8, 4) is 22.5 Å². The Morgan fingerprint density at radius 3 is 2.07 bits per heavy atom. The van der Waals surface area contributed by atoms with E-state index in [1.807, 2.05) is 83.5 Å². The first-order valence-electron chi connectivity index (χ1n) is 15.0. The summed E-state index contributed by atoms with van der Waals surface area (Å²) in [6.45, 7) is 0. The van der Waals surface area contributed by atoms with E-state index < -0.39 is 0 Å². The minimum Gasteiger partial charge on any atom is -0.275 e. The monoisotopic (exact) mass is 579 g/mol. The van der Waals surface area contributed by atoms with Gasteiger partial charge >= 0.3 is 0 Å². The zero-order chi connectivity index (χ0) is 29.9. The van der Waals surface area contributed by atoms with Crippen LogP contribution < -0.4 is 5.56 Å². The average molecular weight is 580 g/mol. The zero-order valence-electron chi connectivity index (χ0n) is 24.1. The molecule has 9 rings (SSSR count). The third-order valence-corrected chi connectivity index (χ3v) is 8.87. The molecule has 8 aromatic rings. The molecule has 3 aromatic carbocycles. The number of aromatic nitrogens is 4. The number of aliphatic imine (C=N–C) groups is 1. The number of hydrogen-bond acceptors (Lipinski definition) is 5. The standard InChI is InChI=1S/C39H25N5O/c45-39-29-8-2-1-7-28(29)31-20-27(34-14-12-26(23-42-34)33-9-3-5-17-40-33)21-32-30-19-24(13-16-37(30)44(39)38(31)32)25-11-15-36(43-22-25)35-10-4-6-18-41-35/h1-10,12-23,25H,11H2. The lowest BCUT2D eigenvalue weighted by Gasteiger charge is -2.16. The van der Waals surface area contributed by atoms with Gasteiger partial charge in [-0.1, -0.05) is 42.5 Å². The van der Waals surface area contributed by atoms with Gasteiger partial charge < -0.3 is 0 Å². The highest BCUT2D eigenvalue weighted by Gasteiger charge is 2.21. The first-order valence-corrected chi connectivity index (χ1v) is 15.0. The molecule has 6 heterocycles. The Balaban J connectivity index is 1.23. The van der Waals surface area contributed by atoms with Gasteiger partial charge in [0.25, 0.3) is 5.56 Å². The number of fused-ring (bicyclic) bond motifs is 5. The number of benzene rings is 3. The lowest BCUT2D eigenvalue weighted by Crippen LogP contribution is -2.12. The summed E-state index contributed by atoms with van der Waals surface area (Å²) in [6.07, 6.45) is 10.5. The summed E-state index contributed by atoms with van der Waals surface area (Å²) >= 11 is 0. The molecule has 0 bridgehead atoms. The fraction of sp³-hybridized carbons (Fsp3) is 0.0513. The second kappa shape index (κ2) is 10.0. The Hall–Kier alpha value is -6.01. The highest BCUT2D eigenvalue weighted by Crippen LogP contribution is 2.39. The summed E-state index contributed by atoms with van der Waals surface area (Å²) in [5, 5.41) is 4.77. The first kappa shape index (κ1) is 25.5. The molecule has 1 atom stereocenters. The van der Waals surface area contributed by atoms with Gasteiger partial charge in [-0.15, -0.1) is 0 Å². The van der Waals surface area contributed by atoms with Crippen LogP contribution in [0, 0.1) is 0 Å². The molecule has 6 heteroatoms. The van der Waals surface area contributed by atoms with Gasteiger partial charge in [0.2, 0.25) is 0 Å². The van der Waals surface area contributed by atoms with Gasteiger partial charge in [-0.3, -0.25) is 29.1 Å². The molecule has 0 N–H and O–H groups in total. The van der Waals surface area contributed by atoms with Crippen molar-refractivity contribution in [2.24, 2.45) is 4.99 Å². The van der Waals surface area contributed by atoms with Crippen LogP contribution in [-0.2, 0) is 0 Å². The highest BCUT2D eigenvalue weighted by atomic mass is 16.1. The van der Waals surface area contributed by atoms with Crippen molar-refractivity contribution in [2.45, 2.75) is 12.3 Å². The number of nitrogens with zero attached hydrogens (tertiary/aromatic N) is 5. The molecule has 0 spiro atoms. The van der Waals surface area contributed by atoms with E-state index in [1.165, 1.54) is 0 Å². The van der Waals surface area contributed by atoms with Gasteiger partial charge in [0.15, 0.2) is 0 Å². The van der Waals surface area contributed by atoms with Crippen LogP contribution in [-0.4, -0.2) is 25.6 Å². The fourth-order valence-corrected chi connectivity index (χ4v) is 6.66. The van der Waals surface area contributed by atoms with E-state index >= 15 is 0 Å². The fourth-order valence-electron chi connectivity index (χ4n) is 6.66. The van der Waals surface area contributed by atoms with Crippen molar-refractivity contribution in [3.63, 3.8) is 0 Å². The SMILES string of the molecule is O=c1c2ccccc2c2cc(-c3ccc(-c4ccccn4)cn3)cc3c4cc(C5C=NC(c6ccccn6)=CC5)ccc4n1c23. The number of hydrogen-bond donors (Lipinski definition) is 0. The molecule has 212 valence electrons.